The third kappa shape index (κ3) is 4.91. The number of hydrogen-bond donors (Lipinski definition) is 1. The fraction of sp³-hybridized carbons (Fsp3) is 0.273. The summed E-state index contributed by atoms with van der Waals surface area (Å²) in [6.07, 6.45) is 1.75. The van der Waals surface area contributed by atoms with E-state index in [-0.39, 0.29) is 17.8 Å². The number of nitrogens with one attached hydrogen (secondary N) is 1. The van der Waals surface area contributed by atoms with Gasteiger partial charge >= 0.3 is 0 Å². The van der Waals surface area contributed by atoms with Crippen molar-refractivity contribution in [1.29, 1.82) is 0 Å². The summed E-state index contributed by atoms with van der Waals surface area (Å²) in [4.78, 5) is 28.9. The molecule has 1 heterocycles. The highest BCUT2D eigenvalue weighted by Crippen LogP contribution is 2.33. The lowest BCUT2D eigenvalue weighted by atomic mass is 10.1. The molecule has 6 nitrogen and oxygen atoms in total. The number of thioether (sulfide) groups is 1. The van der Waals surface area contributed by atoms with E-state index in [1.807, 2.05) is 24.3 Å². The van der Waals surface area contributed by atoms with Gasteiger partial charge in [-0.05, 0) is 67.6 Å². The fourth-order valence-corrected chi connectivity index (χ4v) is 4.20. The Morgan fingerprint density at radius 2 is 1.83 bits per heavy atom. The first kappa shape index (κ1) is 22.1. The second kappa shape index (κ2) is 9.91. The summed E-state index contributed by atoms with van der Waals surface area (Å²) in [5, 5.41) is 3.20. The maximum atomic E-state index is 12.7. The predicted molar refractivity (Wildman–Crippen MR) is 124 cm³/mol. The van der Waals surface area contributed by atoms with Crippen LogP contribution in [-0.2, 0) is 4.79 Å². The predicted octanol–water partition coefficient (Wildman–Crippen LogP) is 5.30. The lowest BCUT2D eigenvalue weighted by Gasteiger charge is -2.20. The van der Waals surface area contributed by atoms with E-state index in [2.05, 4.69) is 24.1 Å². The molecular formula is C22H24ClN3O3S. The molecule has 1 N–H and O–H groups in total. The number of carbonyl (C=O) groups excluding carboxylic acids is 2. The number of methoxy groups -OCH3 is 1. The Morgan fingerprint density at radius 1 is 1.13 bits per heavy atom. The normalized spacial score (nSPS) is 15.1. The molecule has 0 saturated carbocycles. The van der Waals surface area contributed by atoms with Gasteiger partial charge in [0.15, 0.2) is 0 Å². The molecule has 2 aromatic rings. The summed E-state index contributed by atoms with van der Waals surface area (Å²) < 4.78 is 5.12. The summed E-state index contributed by atoms with van der Waals surface area (Å²) in [7, 11) is 1.54. The first-order valence-corrected chi connectivity index (χ1v) is 10.8. The molecule has 158 valence electrons. The van der Waals surface area contributed by atoms with Gasteiger partial charge in [-0.1, -0.05) is 23.7 Å². The van der Waals surface area contributed by atoms with Gasteiger partial charge < -0.3 is 15.0 Å². The van der Waals surface area contributed by atoms with Crippen LogP contribution in [0.15, 0.2) is 47.4 Å². The molecule has 0 spiro atoms. The molecule has 1 saturated heterocycles. The van der Waals surface area contributed by atoms with Crippen LogP contribution in [0.2, 0.25) is 5.02 Å². The second-order valence-electron chi connectivity index (χ2n) is 6.56. The average molecular weight is 446 g/mol. The van der Waals surface area contributed by atoms with Gasteiger partial charge in [0.05, 0.1) is 23.7 Å². The zero-order valence-corrected chi connectivity index (χ0v) is 18.7. The standard InChI is InChI=1S/C22H24ClN3O3S/c1-4-25(5-2)17-9-6-15(7-10-17)12-20-21(27)26(22(28)30-20)14-24-16-8-11-19(29-3)18(23)13-16/h6-13,24H,4-5,14H2,1-3H3/b20-12+. The first-order valence-electron chi connectivity index (χ1n) is 9.64. The minimum atomic E-state index is -0.315. The number of halogens is 1. The minimum absolute atomic E-state index is 0.0611. The van der Waals surface area contributed by atoms with E-state index in [0.29, 0.717) is 21.4 Å². The average Bonchev–Trinajstić information content (AvgIpc) is 3.01. The Labute approximate surface area is 185 Å². The summed E-state index contributed by atoms with van der Waals surface area (Å²) in [5.41, 5.74) is 2.70. The maximum Gasteiger partial charge on any atom is 0.295 e. The van der Waals surface area contributed by atoms with Gasteiger partial charge in [0.25, 0.3) is 11.1 Å². The number of rotatable bonds is 8. The molecule has 1 aliphatic rings. The number of carbonyl (C=O) groups is 2. The summed E-state index contributed by atoms with van der Waals surface area (Å²) in [6, 6.07) is 13.2. The minimum Gasteiger partial charge on any atom is -0.495 e. The Hall–Kier alpha value is -2.64. The van der Waals surface area contributed by atoms with Crippen LogP contribution in [0.5, 0.6) is 5.75 Å². The summed E-state index contributed by atoms with van der Waals surface area (Å²) in [5.74, 6) is 0.244. The van der Waals surface area contributed by atoms with Gasteiger partial charge in [-0.15, -0.1) is 0 Å². The third-order valence-corrected chi connectivity index (χ3v) is 5.99. The molecule has 1 fully saturated rings. The molecule has 0 atom stereocenters. The fourth-order valence-electron chi connectivity index (χ4n) is 3.10. The number of hydrogen-bond acceptors (Lipinski definition) is 6. The van der Waals surface area contributed by atoms with Gasteiger partial charge in [0, 0.05) is 24.5 Å². The van der Waals surface area contributed by atoms with E-state index >= 15 is 0 Å². The molecule has 0 bridgehead atoms. The van der Waals surface area contributed by atoms with E-state index in [0.717, 1.165) is 36.1 Å². The first-order chi connectivity index (χ1) is 14.5. The Bertz CT molecular complexity index is 959. The molecule has 30 heavy (non-hydrogen) atoms. The zero-order chi connectivity index (χ0) is 21.7. The largest absolute Gasteiger partial charge is 0.495 e. The maximum absolute atomic E-state index is 12.7. The number of amides is 2. The molecular weight excluding hydrogens is 422 g/mol. The number of anilines is 2. The molecule has 3 rings (SSSR count). The number of imide groups is 1. The Balaban J connectivity index is 1.67. The van der Waals surface area contributed by atoms with Crippen molar-refractivity contribution < 1.29 is 14.3 Å². The van der Waals surface area contributed by atoms with Crippen LogP contribution in [0.25, 0.3) is 6.08 Å². The van der Waals surface area contributed by atoms with E-state index in [9.17, 15) is 9.59 Å². The van der Waals surface area contributed by atoms with Gasteiger partial charge in [0.2, 0.25) is 0 Å². The van der Waals surface area contributed by atoms with E-state index in [1.165, 1.54) is 12.0 Å². The van der Waals surface area contributed by atoms with Gasteiger partial charge in [-0.3, -0.25) is 14.5 Å². The lowest BCUT2D eigenvalue weighted by molar-refractivity contribution is -0.122. The smallest absolute Gasteiger partial charge is 0.295 e. The van der Waals surface area contributed by atoms with Crippen molar-refractivity contribution in [2.24, 2.45) is 0 Å². The van der Waals surface area contributed by atoms with Crippen LogP contribution in [-0.4, -0.2) is 42.9 Å². The van der Waals surface area contributed by atoms with Crippen molar-refractivity contribution in [3.05, 3.63) is 58.0 Å². The lowest BCUT2D eigenvalue weighted by Crippen LogP contribution is -2.33. The monoisotopic (exact) mass is 445 g/mol. The van der Waals surface area contributed by atoms with Crippen LogP contribution in [0, 0.1) is 0 Å². The number of ether oxygens (including phenoxy) is 1. The van der Waals surface area contributed by atoms with Crippen LogP contribution in [0.1, 0.15) is 19.4 Å². The van der Waals surface area contributed by atoms with Crippen molar-refractivity contribution >= 4 is 52.0 Å². The van der Waals surface area contributed by atoms with E-state index < -0.39 is 0 Å². The number of nitrogens with zero attached hydrogens (tertiary/aromatic N) is 2. The van der Waals surface area contributed by atoms with Crippen molar-refractivity contribution in [1.82, 2.24) is 4.90 Å². The van der Waals surface area contributed by atoms with Crippen LogP contribution >= 0.6 is 23.4 Å². The quantitative estimate of drug-likeness (QED) is 0.556. The molecule has 8 heteroatoms. The van der Waals surface area contributed by atoms with E-state index in [1.54, 1.807) is 24.3 Å². The van der Waals surface area contributed by atoms with E-state index in [4.69, 9.17) is 16.3 Å². The molecule has 1 aliphatic heterocycles. The molecule has 0 aromatic heterocycles. The molecule has 0 radical (unpaired) electrons. The van der Waals surface area contributed by atoms with Crippen LogP contribution < -0.4 is 15.0 Å². The SMILES string of the molecule is CCN(CC)c1ccc(/C=C2/SC(=O)N(CNc3ccc(OC)c(Cl)c3)C2=O)cc1. The highest BCUT2D eigenvalue weighted by Gasteiger charge is 2.34. The van der Waals surface area contributed by atoms with Crippen molar-refractivity contribution in [2.75, 3.05) is 37.1 Å². The summed E-state index contributed by atoms with van der Waals surface area (Å²) in [6.45, 7) is 6.15. The van der Waals surface area contributed by atoms with Crippen LogP contribution in [0.4, 0.5) is 16.2 Å². The van der Waals surface area contributed by atoms with Crippen LogP contribution in [0.3, 0.4) is 0 Å². The second-order valence-corrected chi connectivity index (χ2v) is 7.96. The Kier molecular flexibility index (Phi) is 7.29. The Morgan fingerprint density at radius 3 is 2.43 bits per heavy atom. The van der Waals surface area contributed by atoms with Gasteiger partial charge in [-0.25, -0.2) is 0 Å². The molecule has 2 amide bonds. The zero-order valence-electron chi connectivity index (χ0n) is 17.1. The highest BCUT2D eigenvalue weighted by molar-refractivity contribution is 8.18. The van der Waals surface area contributed by atoms with Crippen molar-refractivity contribution in [2.45, 2.75) is 13.8 Å². The van der Waals surface area contributed by atoms with Gasteiger partial charge in [-0.2, -0.15) is 0 Å². The number of benzene rings is 2. The van der Waals surface area contributed by atoms with Crippen molar-refractivity contribution in [3.8, 4) is 5.75 Å². The highest BCUT2D eigenvalue weighted by atomic mass is 35.5. The van der Waals surface area contributed by atoms with Crippen molar-refractivity contribution in [3.63, 3.8) is 0 Å². The van der Waals surface area contributed by atoms with Gasteiger partial charge in [0.1, 0.15) is 5.75 Å². The molecule has 0 unspecified atom stereocenters. The third-order valence-electron chi connectivity index (χ3n) is 4.79. The summed E-state index contributed by atoms with van der Waals surface area (Å²) >= 11 is 7.06. The molecule has 0 aliphatic carbocycles. The molecule has 2 aromatic carbocycles. The topological polar surface area (TPSA) is 61.9 Å².